The standard InChI is InChI=1S/C18H22N2OS2/c1-14(11-17(21)18-7-4-10-23-18)19-12-15-5-2-8-20(15)13-16-6-3-9-22-16/h2-10,14,17,19,21H,11-13H2,1H3. The summed E-state index contributed by atoms with van der Waals surface area (Å²) in [5, 5.41) is 17.9. The highest BCUT2D eigenvalue weighted by Gasteiger charge is 2.13. The fourth-order valence-corrected chi connectivity index (χ4v) is 4.06. The molecule has 2 atom stereocenters. The Bertz CT molecular complexity index is 689. The largest absolute Gasteiger partial charge is 0.388 e. The summed E-state index contributed by atoms with van der Waals surface area (Å²) >= 11 is 3.40. The van der Waals surface area contributed by atoms with Crippen molar-refractivity contribution in [3.05, 3.63) is 68.8 Å². The van der Waals surface area contributed by atoms with Crippen LogP contribution in [-0.2, 0) is 13.1 Å². The highest BCUT2D eigenvalue weighted by molar-refractivity contribution is 7.10. The van der Waals surface area contributed by atoms with Crippen molar-refractivity contribution in [2.24, 2.45) is 0 Å². The second-order valence-corrected chi connectivity index (χ2v) is 7.77. The summed E-state index contributed by atoms with van der Waals surface area (Å²) in [5.41, 5.74) is 1.27. The minimum absolute atomic E-state index is 0.261. The van der Waals surface area contributed by atoms with Gasteiger partial charge in [0.05, 0.1) is 12.6 Å². The van der Waals surface area contributed by atoms with E-state index in [2.05, 4.69) is 52.7 Å². The summed E-state index contributed by atoms with van der Waals surface area (Å²) in [7, 11) is 0. The number of nitrogens with one attached hydrogen (secondary N) is 1. The van der Waals surface area contributed by atoms with E-state index in [0.29, 0.717) is 0 Å². The first-order valence-corrected chi connectivity index (χ1v) is 9.59. The van der Waals surface area contributed by atoms with E-state index >= 15 is 0 Å². The maximum Gasteiger partial charge on any atom is 0.0896 e. The molecule has 0 aliphatic heterocycles. The lowest BCUT2D eigenvalue weighted by Crippen LogP contribution is -2.28. The Labute approximate surface area is 145 Å². The Morgan fingerprint density at radius 1 is 1.13 bits per heavy atom. The number of rotatable bonds is 8. The molecule has 0 saturated heterocycles. The van der Waals surface area contributed by atoms with Crippen LogP contribution in [0.4, 0.5) is 0 Å². The van der Waals surface area contributed by atoms with Crippen LogP contribution in [-0.4, -0.2) is 15.7 Å². The van der Waals surface area contributed by atoms with Crippen molar-refractivity contribution in [2.75, 3.05) is 0 Å². The molecular formula is C18H22N2OS2. The molecule has 0 aliphatic rings. The maximum atomic E-state index is 10.2. The number of aliphatic hydroxyl groups is 1. The van der Waals surface area contributed by atoms with Gasteiger partial charge in [0, 0.05) is 34.2 Å². The zero-order valence-electron chi connectivity index (χ0n) is 13.2. The van der Waals surface area contributed by atoms with Crippen molar-refractivity contribution in [3.8, 4) is 0 Å². The Morgan fingerprint density at radius 2 is 1.96 bits per heavy atom. The minimum Gasteiger partial charge on any atom is -0.388 e. The first-order chi connectivity index (χ1) is 11.2. The lowest BCUT2D eigenvalue weighted by Gasteiger charge is -2.18. The van der Waals surface area contributed by atoms with Gasteiger partial charge in [-0.3, -0.25) is 0 Å². The van der Waals surface area contributed by atoms with Crippen molar-refractivity contribution >= 4 is 22.7 Å². The van der Waals surface area contributed by atoms with Crippen LogP contribution in [0.25, 0.3) is 0 Å². The van der Waals surface area contributed by atoms with E-state index in [1.54, 1.807) is 22.7 Å². The van der Waals surface area contributed by atoms with E-state index in [0.717, 1.165) is 24.4 Å². The second kappa shape index (κ2) is 7.93. The van der Waals surface area contributed by atoms with Gasteiger partial charge in [-0.25, -0.2) is 0 Å². The lowest BCUT2D eigenvalue weighted by molar-refractivity contribution is 0.157. The molecule has 0 spiro atoms. The van der Waals surface area contributed by atoms with Crippen LogP contribution >= 0.6 is 22.7 Å². The van der Waals surface area contributed by atoms with Crippen LogP contribution in [0.3, 0.4) is 0 Å². The molecule has 0 amide bonds. The van der Waals surface area contributed by atoms with Gasteiger partial charge < -0.3 is 15.0 Å². The summed E-state index contributed by atoms with van der Waals surface area (Å²) in [5.74, 6) is 0. The van der Waals surface area contributed by atoms with E-state index in [4.69, 9.17) is 0 Å². The van der Waals surface area contributed by atoms with Crippen molar-refractivity contribution in [1.82, 2.24) is 9.88 Å². The summed E-state index contributed by atoms with van der Waals surface area (Å²) in [6.07, 6.45) is 2.48. The fourth-order valence-electron chi connectivity index (χ4n) is 2.63. The van der Waals surface area contributed by atoms with Crippen LogP contribution in [0, 0.1) is 0 Å². The van der Waals surface area contributed by atoms with Crippen molar-refractivity contribution in [2.45, 2.75) is 38.6 Å². The third kappa shape index (κ3) is 4.54. The SMILES string of the molecule is CC(CC(O)c1cccs1)NCc1cccn1Cc1cccs1. The van der Waals surface area contributed by atoms with Gasteiger partial charge >= 0.3 is 0 Å². The normalized spacial score (nSPS) is 14.0. The van der Waals surface area contributed by atoms with E-state index in [1.807, 2.05) is 17.5 Å². The second-order valence-electron chi connectivity index (χ2n) is 5.76. The van der Waals surface area contributed by atoms with Gasteiger partial charge in [0.25, 0.3) is 0 Å². The molecule has 3 nitrogen and oxygen atoms in total. The van der Waals surface area contributed by atoms with Crippen LogP contribution < -0.4 is 5.32 Å². The first-order valence-electron chi connectivity index (χ1n) is 7.83. The number of thiophene rings is 2. The number of hydrogen-bond donors (Lipinski definition) is 2. The van der Waals surface area contributed by atoms with Crippen LogP contribution in [0.1, 0.15) is 34.9 Å². The highest BCUT2D eigenvalue weighted by Crippen LogP contribution is 2.23. The number of nitrogens with zero attached hydrogens (tertiary/aromatic N) is 1. The lowest BCUT2D eigenvalue weighted by atomic mass is 10.1. The van der Waals surface area contributed by atoms with Crippen LogP contribution in [0.5, 0.6) is 0 Å². The highest BCUT2D eigenvalue weighted by atomic mass is 32.1. The summed E-state index contributed by atoms with van der Waals surface area (Å²) in [6, 6.07) is 12.8. The average molecular weight is 347 g/mol. The van der Waals surface area contributed by atoms with E-state index < -0.39 is 0 Å². The van der Waals surface area contributed by atoms with Gasteiger partial charge in [0.15, 0.2) is 0 Å². The molecule has 23 heavy (non-hydrogen) atoms. The Balaban J connectivity index is 1.51. The Kier molecular flexibility index (Phi) is 5.67. The minimum atomic E-state index is -0.379. The summed E-state index contributed by atoms with van der Waals surface area (Å²) in [6.45, 7) is 3.87. The molecule has 3 aromatic heterocycles. The molecule has 2 N–H and O–H groups in total. The number of aliphatic hydroxyl groups excluding tert-OH is 1. The van der Waals surface area contributed by atoms with Crippen molar-refractivity contribution in [3.63, 3.8) is 0 Å². The zero-order valence-corrected chi connectivity index (χ0v) is 14.8. The monoisotopic (exact) mass is 346 g/mol. The number of aromatic nitrogens is 1. The smallest absolute Gasteiger partial charge is 0.0896 e. The van der Waals surface area contributed by atoms with Gasteiger partial charge in [0.2, 0.25) is 0 Å². The third-order valence-electron chi connectivity index (χ3n) is 3.91. The molecular weight excluding hydrogens is 324 g/mol. The zero-order chi connectivity index (χ0) is 16.1. The maximum absolute atomic E-state index is 10.2. The molecule has 0 bridgehead atoms. The van der Waals surface area contributed by atoms with Gasteiger partial charge in [0.1, 0.15) is 0 Å². The molecule has 0 aromatic carbocycles. The topological polar surface area (TPSA) is 37.2 Å². The van der Waals surface area contributed by atoms with Crippen molar-refractivity contribution < 1.29 is 5.11 Å². The molecule has 5 heteroatoms. The van der Waals surface area contributed by atoms with Gasteiger partial charge in [-0.15, -0.1) is 22.7 Å². The fraction of sp³-hybridized carbons (Fsp3) is 0.333. The first kappa shape index (κ1) is 16.5. The molecule has 3 heterocycles. The quantitative estimate of drug-likeness (QED) is 0.639. The molecule has 0 radical (unpaired) electrons. The predicted octanol–water partition coefficient (Wildman–Crippen LogP) is 4.26. The third-order valence-corrected chi connectivity index (χ3v) is 5.74. The molecule has 3 rings (SSSR count). The predicted molar refractivity (Wildman–Crippen MR) is 98.1 cm³/mol. The van der Waals surface area contributed by atoms with Gasteiger partial charge in [-0.2, -0.15) is 0 Å². The molecule has 0 saturated carbocycles. The molecule has 2 unspecified atom stereocenters. The van der Waals surface area contributed by atoms with E-state index in [1.165, 1.54) is 10.6 Å². The number of hydrogen-bond acceptors (Lipinski definition) is 4. The van der Waals surface area contributed by atoms with Gasteiger partial charge in [-0.1, -0.05) is 12.1 Å². The van der Waals surface area contributed by atoms with E-state index in [9.17, 15) is 5.11 Å². The Hall–Kier alpha value is -1.40. The molecule has 122 valence electrons. The van der Waals surface area contributed by atoms with Gasteiger partial charge in [-0.05, 0) is 48.4 Å². The van der Waals surface area contributed by atoms with Crippen LogP contribution in [0.2, 0.25) is 0 Å². The summed E-state index contributed by atoms with van der Waals surface area (Å²) in [4.78, 5) is 2.41. The molecule has 3 aromatic rings. The van der Waals surface area contributed by atoms with Crippen LogP contribution in [0.15, 0.2) is 53.4 Å². The van der Waals surface area contributed by atoms with Crippen molar-refractivity contribution in [1.29, 1.82) is 0 Å². The molecule has 0 fully saturated rings. The Morgan fingerprint density at radius 3 is 2.70 bits per heavy atom. The summed E-state index contributed by atoms with van der Waals surface area (Å²) < 4.78 is 2.28. The molecule has 0 aliphatic carbocycles. The average Bonchev–Trinajstić information content (AvgIpc) is 3.29. The van der Waals surface area contributed by atoms with E-state index in [-0.39, 0.29) is 12.1 Å².